The molecule has 0 atom stereocenters. The van der Waals surface area contributed by atoms with Gasteiger partial charge in [0.25, 0.3) is 0 Å². The average molecular weight is 177 g/mol. The molecule has 1 rings (SSSR count). The van der Waals surface area contributed by atoms with Crippen LogP contribution in [0.25, 0.3) is 0 Å². The van der Waals surface area contributed by atoms with E-state index < -0.39 is 0 Å². The summed E-state index contributed by atoms with van der Waals surface area (Å²) in [5.74, 6) is 0. The molecule has 72 valence electrons. The Bertz CT molecular complexity index is 237. The van der Waals surface area contributed by atoms with Crippen LogP contribution in [0.3, 0.4) is 0 Å². The molecule has 1 aromatic rings. The highest BCUT2D eigenvalue weighted by atomic mass is 14.7. The topological polar surface area (TPSA) is 12.4 Å². The van der Waals surface area contributed by atoms with Crippen LogP contribution in [-0.4, -0.2) is 12.3 Å². The van der Waals surface area contributed by atoms with E-state index in [4.69, 9.17) is 0 Å². The van der Waals surface area contributed by atoms with E-state index in [1.165, 1.54) is 5.56 Å². The Balaban J connectivity index is 0.000000671. The molecule has 0 saturated carbocycles. The van der Waals surface area contributed by atoms with Gasteiger partial charge in [0, 0.05) is 12.3 Å². The van der Waals surface area contributed by atoms with Crippen molar-refractivity contribution in [3.63, 3.8) is 0 Å². The van der Waals surface area contributed by atoms with Crippen LogP contribution in [0.1, 0.15) is 33.3 Å². The second kappa shape index (κ2) is 7.53. The first-order valence-corrected chi connectivity index (χ1v) is 4.91. The molecular formula is C12H19N. The minimum absolute atomic E-state index is 0.862. The fourth-order valence-corrected chi connectivity index (χ4v) is 1.01. The third kappa shape index (κ3) is 4.46. The molecule has 0 spiro atoms. The normalized spacial score (nSPS) is 10.3. The molecule has 0 aromatic heterocycles. The van der Waals surface area contributed by atoms with Gasteiger partial charge in [-0.1, -0.05) is 44.2 Å². The summed E-state index contributed by atoms with van der Waals surface area (Å²) in [7, 11) is 0. The second-order valence-electron chi connectivity index (χ2n) is 2.43. The van der Waals surface area contributed by atoms with Crippen LogP contribution in [0.5, 0.6) is 0 Å². The van der Waals surface area contributed by atoms with Gasteiger partial charge in [-0.2, -0.15) is 0 Å². The van der Waals surface area contributed by atoms with Crippen molar-refractivity contribution < 1.29 is 0 Å². The van der Waals surface area contributed by atoms with E-state index in [0.29, 0.717) is 0 Å². The number of aliphatic imine (C=N–C) groups is 1. The number of nitrogens with zero attached hydrogens (tertiary/aromatic N) is 1. The summed E-state index contributed by atoms with van der Waals surface area (Å²) >= 11 is 0. The molecule has 13 heavy (non-hydrogen) atoms. The van der Waals surface area contributed by atoms with Gasteiger partial charge >= 0.3 is 0 Å². The predicted molar refractivity (Wildman–Crippen MR) is 60.5 cm³/mol. The molecule has 0 aliphatic carbocycles. The van der Waals surface area contributed by atoms with Gasteiger partial charge in [0.15, 0.2) is 0 Å². The molecule has 0 radical (unpaired) electrons. The number of rotatable bonds is 2. The van der Waals surface area contributed by atoms with Crippen LogP contribution in [0.2, 0.25) is 0 Å². The summed E-state index contributed by atoms with van der Waals surface area (Å²) in [6.45, 7) is 8.95. The molecule has 0 heterocycles. The highest BCUT2D eigenvalue weighted by Crippen LogP contribution is 1.99. The lowest BCUT2D eigenvalue weighted by Gasteiger charge is -1.97. The number of hydrogen-bond donors (Lipinski definition) is 0. The Morgan fingerprint density at radius 3 is 2.15 bits per heavy atom. The van der Waals surface area contributed by atoms with E-state index >= 15 is 0 Å². The van der Waals surface area contributed by atoms with E-state index in [9.17, 15) is 0 Å². The van der Waals surface area contributed by atoms with Crippen LogP contribution >= 0.6 is 0 Å². The smallest absolute Gasteiger partial charge is 0.0389 e. The fraction of sp³-hybridized carbons (Fsp3) is 0.417. The second-order valence-corrected chi connectivity index (χ2v) is 2.43. The lowest BCUT2D eigenvalue weighted by molar-refractivity contribution is 1.13. The zero-order valence-electron chi connectivity index (χ0n) is 9.04. The lowest BCUT2D eigenvalue weighted by atomic mass is 10.1. The first kappa shape index (κ1) is 11.9. The van der Waals surface area contributed by atoms with Crippen LogP contribution in [0.4, 0.5) is 0 Å². The minimum Gasteiger partial charge on any atom is -0.290 e. The van der Waals surface area contributed by atoms with E-state index in [1.807, 2.05) is 45.9 Å². The van der Waals surface area contributed by atoms with E-state index in [2.05, 4.69) is 17.1 Å². The van der Waals surface area contributed by atoms with E-state index in [0.717, 1.165) is 12.3 Å². The van der Waals surface area contributed by atoms with Gasteiger partial charge in [0.1, 0.15) is 0 Å². The van der Waals surface area contributed by atoms with Gasteiger partial charge < -0.3 is 0 Å². The maximum Gasteiger partial charge on any atom is 0.0389 e. The van der Waals surface area contributed by atoms with Gasteiger partial charge in [0.05, 0.1) is 0 Å². The molecule has 1 heteroatoms. The molecule has 0 N–H and O–H groups in total. The van der Waals surface area contributed by atoms with Crippen LogP contribution in [-0.2, 0) is 0 Å². The zero-order chi connectivity index (χ0) is 10.1. The van der Waals surface area contributed by atoms with Crippen molar-refractivity contribution in [1.29, 1.82) is 0 Å². The molecule has 0 aliphatic heterocycles. The lowest BCUT2D eigenvalue weighted by Crippen LogP contribution is -1.93. The fourth-order valence-electron chi connectivity index (χ4n) is 1.01. The highest BCUT2D eigenvalue weighted by molar-refractivity contribution is 5.98. The third-order valence-corrected chi connectivity index (χ3v) is 1.59. The molecule has 1 nitrogen and oxygen atoms in total. The van der Waals surface area contributed by atoms with Crippen molar-refractivity contribution in [3.8, 4) is 0 Å². The van der Waals surface area contributed by atoms with Crippen LogP contribution < -0.4 is 0 Å². The summed E-state index contributed by atoms with van der Waals surface area (Å²) in [5, 5.41) is 0. The quantitative estimate of drug-likeness (QED) is 0.613. The highest BCUT2D eigenvalue weighted by Gasteiger charge is 1.91. The summed E-state index contributed by atoms with van der Waals surface area (Å²) in [6.07, 6.45) is 0. The maximum atomic E-state index is 4.31. The van der Waals surface area contributed by atoms with Crippen LogP contribution in [0, 0.1) is 0 Å². The Kier molecular flexibility index (Phi) is 6.89. The van der Waals surface area contributed by atoms with E-state index in [1.54, 1.807) is 0 Å². The zero-order valence-corrected chi connectivity index (χ0v) is 9.04. The van der Waals surface area contributed by atoms with Crippen molar-refractivity contribution in [2.75, 3.05) is 6.54 Å². The first-order chi connectivity index (χ1) is 6.34. The number of hydrogen-bond acceptors (Lipinski definition) is 1. The molecule has 0 bridgehead atoms. The van der Waals surface area contributed by atoms with E-state index in [-0.39, 0.29) is 0 Å². The van der Waals surface area contributed by atoms with Crippen LogP contribution in [0.15, 0.2) is 35.3 Å². The van der Waals surface area contributed by atoms with Gasteiger partial charge in [0.2, 0.25) is 0 Å². The molecule has 0 amide bonds. The Morgan fingerprint density at radius 2 is 1.69 bits per heavy atom. The Hall–Kier alpha value is -1.11. The Morgan fingerprint density at radius 1 is 1.15 bits per heavy atom. The molecule has 0 unspecified atom stereocenters. The van der Waals surface area contributed by atoms with Gasteiger partial charge in [-0.05, 0) is 19.4 Å². The summed E-state index contributed by atoms with van der Waals surface area (Å²) in [4.78, 5) is 4.31. The number of benzene rings is 1. The average Bonchev–Trinajstić information content (AvgIpc) is 2.23. The van der Waals surface area contributed by atoms with Crippen molar-refractivity contribution in [2.45, 2.75) is 27.7 Å². The van der Waals surface area contributed by atoms with Gasteiger partial charge in [-0.25, -0.2) is 0 Å². The maximum absolute atomic E-state index is 4.31. The standard InChI is InChI=1S/C10H13N.C2H6/c1-3-11-9(2)10-7-5-4-6-8-10;1-2/h4-8H,3H2,1-2H3;1-2H3. The molecule has 0 saturated heterocycles. The largest absolute Gasteiger partial charge is 0.290 e. The summed E-state index contributed by atoms with van der Waals surface area (Å²) in [6, 6.07) is 10.2. The monoisotopic (exact) mass is 177 g/mol. The molecule has 1 aromatic carbocycles. The van der Waals surface area contributed by atoms with Gasteiger partial charge in [-0.3, -0.25) is 4.99 Å². The summed E-state index contributed by atoms with van der Waals surface area (Å²) in [5.41, 5.74) is 2.34. The summed E-state index contributed by atoms with van der Waals surface area (Å²) < 4.78 is 0. The predicted octanol–water partition coefficient (Wildman–Crippen LogP) is 3.54. The van der Waals surface area contributed by atoms with Crippen molar-refractivity contribution >= 4 is 5.71 Å². The Labute approximate surface area is 81.5 Å². The molecule has 0 fully saturated rings. The minimum atomic E-state index is 0.862. The van der Waals surface area contributed by atoms with Gasteiger partial charge in [-0.15, -0.1) is 0 Å². The van der Waals surface area contributed by atoms with Crippen molar-refractivity contribution in [2.24, 2.45) is 4.99 Å². The van der Waals surface area contributed by atoms with Crippen molar-refractivity contribution in [3.05, 3.63) is 35.9 Å². The molecular weight excluding hydrogens is 158 g/mol. The van der Waals surface area contributed by atoms with Crippen molar-refractivity contribution in [1.82, 2.24) is 0 Å². The SMILES string of the molecule is CC.CCN=C(C)c1ccccc1. The first-order valence-electron chi connectivity index (χ1n) is 4.91. The molecule has 0 aliphatic rings. The third-order valence-electron chi connectivity index (χ3n) is 1.59.